The van der Waals surface area contributed by atoms with E-state index in [1.165, 1.54) is 6.07 Å². The van der Waals surface area contributed by atoms with E-state index >= 15 is 0 Å². The Morgan fingerprint density at radius 1 is 1.32 bits per heavy atom. The molecule has 3 nitrogen and oxygen atoms in total. The van der Waals surface area contributed by atoms with Crippen LogP contribution in [-0.4, -0.2) is 4.98 Å². The number of benzene rings is 1. The first kappa shape index (κ1) is 13.6. The summed E-state index contributed by atoms with van der Waals surface area (Å²) in [6.45, 7) is 1.92. The molecular formula is C14H15F2N3. The molecule has 0 spiro atoms. The highest BCUT2D eigenvalue weighted by Crippen LogP contribution is 2.22. The fourth-order valence-corrected chi connectivity index (χ4v) is 2.03. The Labute approximate surface area is 110 Å². The van der Waals surface area contributed by atoms with Gasteiger partial charge in [0.15, 0.2) is 11.6 Å². The van der Waals surface area contributed by atoms with Crippen LogP contribution in [0.1, 0.15) is 22.7 Å². The molecule has 0 aliphatic carbocycles. The van der Waals surface area contributed by atoms with Crippen molar-refractivity contribution in [2.75, 3.05) is 0 Å². The van der Waals surface area contributed by atoms with Crippen molar-refractivity contribution in [3.8, 4) is 0 Å². The van der Waals surface area contributed by atoms with Crippen LogP contribution < -0.4 is 11.3 Å². The summed E-state index contributed by atoms with van der Waals surface area (Å²) in [7, 11) is 0. The van der Waals surface area contributed by atoms with Gasteiger partial charge in [-0.3, -0.25) is 16.3 Å². The van der Waals surface area contributed by atoms with Gasteiger partial charge in [0.25, 0.3) is 0 Å². The molecule has 5 heteroatoms. The molecule has 2 rings (SSSR count). The van der Waals surface area contributed by atoms with E-state index in [4.69, 9.17) is 5.84 Å². The summed E-state index contributed by atoms with van der Waals surface area (Å²) in [5, 5.41) is 0. The lowest BCUT2D eigenvalue weighted by Crippen LogP contribution is -2.30. The minimum Gasteiger partial charge on any atom is -0.271 e. The number of rotatable bonds is 4. The molecule has 1 unspecified atom stereocenters. The van der Waals surface area contributed by atoms with E-state index in [2.05, 4.69) is 10.4 Å². The van der Waals surface area contributed by atoms with Gasteiger partial charge >= 0.3 is 0 Å². The van der Waals surface area contributed by atoms with Crippen LogP contribution >= 0.6 is 0 Å². The molecule has 0 aliphatic rings. The summed E-state index contributed by atoms with van der Waals surface area (Å²) in [6.07, 6.45) is 3.61. The van der Waals surface area contributed by atoms with Gasteiger partial charge in [0, 0.05) is 12.4 Å². The topological polar surface area (TPSA) is 50.9 Å². The average molecular weight is 263 g/mol. The third-order valence-electron chi connectivity index (χ3n) is 3.11. The molecule has 100 valence electrons. The zero-order chi connectivity index (χ0) is 13.8. The Balaban J connectivity index is 2.30. The molecule has 1 heterocycles. The van der Waals surface area contributed by atoms with Gasteiger partial charge in [0.2, 0.25) is 0 Å². The Morgan fingerprint density at radius 2 is 2.11 bits per heavy atom. The summed E-state index contributed by atoms with van der Waals surface area (Å²) in [5.41, 5.74) is 4.77. The van der Waals surface area contributed by atoms with E-state index in [1.807, 2.05) is 13.0 Å². The molecule has 1 atom stereocenters. The summed E-state index contributed by atoms with van der Waals surface area (Å²) in [5.74, 6) is 3.84. The van der Waals surface area contributed by atoms with Crippen molar-refractivity contribution in [3.05, 3.63) is 65.0 Å². The number of nitrogens with zero attached hydrogens (tertiary/aromatic N) is 1. The maximum atomic E-state index is 13.7. The molecule has 0 amide bonds. The fraction of sp³-hybridized carbons (Fsp3) is 0.214. The van der Waals surface area contributed by atoms with Crippen LogP contribution in [0.5, 0.6) is 0 Å². The number of pyridine rings is 1. The second-order valence-electron chi connectivity index (χ2n) is 4.37. The van der Waals surface area contributed by atoms with Crippen LogP contribution in [0.15, 0.2) is 36.7 Å². The number of hydrogen-bond acceptors (Lipinski definition) is 3. The van der Waals surface area contributed by atoms with Crippen LogP contribution in [-0.2, 0) is 6.42 Å². The first-order valence-electron chi connectivity index (χ1n) is 5.93. The fourth-order valence-electron chi connectivity index (χ4n) is 2.03. The zero-order valence-electron chi connectivity index (χ0n) is 10.5. The molecule has 0 fully saturated rings. The van der Waals surface area contributed by atoms with Crippen LogP contribution in [0.3, 0.4) is 0 Å². The molecule has 0 radical (unpaired) electrons. The predicted molar refractivity (Wildman–Crippen MR) is 69.1 cm³/mol. The van der Waals surface area contributed by atoms with Crippen molar-refractivity contribution in [2.24, 2.45) is 5.84 Å². The first-order valence-corrected chi connectivity index (χ1v) is 5.93. The molecule has 0 bridgehead atoms. The van der Waals surface area contributed by atoms with Crippen LogP contribution in [0.25, 0.3) is 0 Å². The van der Waals surface area contributed by atoms with Gasteiger partial charge in [-0.05, 0) is 42.2 Å². The van der Waals surface area contributed by atoms with Crippen LogP contribution in [0.2, 0.25) is 0 Å². The third-order valence-corrected chi connectivity index (χ3v) is 3.11. The van der Waals surface area contributed by atoms with E-state index in [1.54, 1.807) is 18.5 Å². The van der Waals surface area contributed by atoms with E-state index in [9.17, 15) is 8.78 Å². The first-order chi connectivity index (χ1) is 9.13. The second-order valence-corrected chi connectivity index (χ2v) is 4.37. The lowest BCUT2D eigenvalue weighted by Gasteiger charge is -2.18. The minimum absolute atomic E-state index is 0.257. The van der Waals surface area contributed by atoms with Gasteiger partial charge in [-0.15, -0.1) is 0 Å². The maximum absolute atomic E-state index is 13.7. The average Bonchev–Trinajstić information content (AvgIpc) is 2.41. The van der Waals surface area contributed by atoms with Crippen molar-refractivity contribution >= 4 is 0 Å². The standard InChI is InChI=1S/C14H15F2N3/c1-9-5-6-18-8-11(9)13(19-17)7-10-3-2-4-12(15)14(10)16/h2-6,8,13,19H,7,17H2,1H3. The van der Waals surface area contributed by atoms with Crippen molar-refractivity contribution in [1.82, 2.24) is 10.4 Å². The summed E-state index contributed by atoms with van der Waals surface area (Å²) >= 11 is 0. The van der Waals surface area contributed by atoms with Gasteiger partial charge in [0.05, 0.1) is 6.04 Å². The largest absolute Gasteiger partial charge is 0.271 e. The highest BCUT2D eigenvalue weighted by Gasteiger charge is 2.16. The Morgan fingerprint density at radius 3 is 2.79 bits per heavy atom. The van der Waals surface area contributed by atoms with Gasteiger partial charge in [-0.25, -0.2) is 8.78 Å². The van der Waals surface area contributed by atoms with E-state index < -0.39 is 11.6 Å². The number of hydrogen-bond donors (Lipinski definition) is 2. The summed E-state index contributed by atoms with van der Waals surface area (Å²) < 4.78 is 26.8. The molecule has 0 saturated carbocycles. The number of nitrogens with one attached hydrogen (secondary N) is 1. The second kappa shape index (κ2) is 5.86. The number of aryl methyl sites for hydroxylation is 1. The number of aromatic nitrogens is 1. The molecule has 2 aromatic rings. The number of nitrogens with two attached hydrogens (primary N) is 1. The number of halogens is 2. The molecule has 0 saturated heterocycles. The van der Waals surface area contributed by atoms with E-state index in [0.717, 1.165) is 17.2 Å². The summed E-state index contributed by atoms with van der Waals surface area (Å²) in [6, 6.07) is 5.66. The number of hydrazine groups is 1. The minimum atomic E-state index is -0.851. The molecule has 1 aromatic carbocycles. The van der Waals surface area contributed by atoms with Gasteiger partial charge in [-0.2, -0.15) is 0 Å². The van der Waals surface area contributed by atoms with E-state index in [-0.39, 0.29) is 18.0 Å². The molecule has 0 aliphatic heterocycles. The smallest absolute Gasteiger partial charge is 0.162 e. The normalized spacial score (nSPS) is 12.4. The maximum Gasteiger partial charge on any atom is 0.162 e. The third kappa shape index (κ3) is 2.94. The molecule has 19 heavy (non-hydrogen) atoms. The highest BCUT2D eigenvalue weighted by atomic mass is 19.2. The SMILES string of the molecule is Cc1ccncc1C(Cc1cccc(F)c1F)NN. The highest BCUT2D eigenvalue weighted by molar-refractivity contribution is 5.28. The lowest BCUT2D eigenvalue weighted by atomic mass is 9.97. The Kier molecular flexibility index (Phi) is 4.19. The van der Waals surface area contributed by atoms with Gasteiger partial charge in [-0.1, -0.05) is 12.1 Å². The van der Waals surface area contributed by atoms with Crippen molar-refractivity contribution < 1.29 is 8.78 Å². The van der Waals surface area contributed by atoms with Crippen LogP contribution in [0, 0.1) is 18.6 Å². The monoisotopic (exact) mass is 263 g/mol. The zero-order valence-corrected chi connectivity index (χ0v) is 10.5. The van der Waals surface area contributed by atoms with Crippen LogP contribution in [0.4, 0.5) is 8.78 Å². The summed E-state index contributed by atoms with van der Waals surface area (Å²) in [4.78, 5) is 4.03. The Bertz CT molecular complexity index is 572. The van der Waals surface area contributed by atoms with Crippen molar-refractivity contribution in [1.29, 1.82) is 0 Å². The Hall–Kier alpha value is -1.85. The van der Waals surface area contributed by atoms with Gasteiger partial charge < -0.3 is 0 Å². The van der Waals surface area contributed by atoms with Crippen molar-refractivity contribution in [2.45, 2.75) is 19.4 Å². The van der Waals surface area contributed by atoms with Crippen molar-refractivity contribution in [3.63, 3.8) is 0 Å². The van der Waals surface area contributed by atoms with Gasteiger partial charge in [0.1, 0.15) is 0 Å². The molecule has 1 aromatic heterocycles. The predicted octanol–water partition coefficient (Wildman–Crippen LogP) is 2.42. The lowest BCUT2D eigenvalue weighted by molar-refractivity contribution is 0.480. The van der Waals surface area contributed by atoms with E-state index in [0.29, 0.717) is 0 Å². The molecular weight excluding hydrogens is 248 g/mol. The molecule has 3 N–H and O–H groups in total. The quantitative estimate of drug-likeness (QED) is 0.658.